The summed E-state index contributed by atoms with van der Waals surface area (Å²) in [7, 11) is 0. The van der Waals surface area contributed by atoms with Crippen LogP contribution in [0.4, 0.5) is 0 Å². The number of ether oxygens (including phenoxy) is 1. The van der Waals surface area contributed by atoms with Gasteiger partial charge in [-0.1, -0.05) is 94.9 Å². The quantitative estimate of drug-likeness (QED) is 0.139. The molecule has 0 aliphatic heterocycles. The second kappa shape index (κ2) is 18.2. The van der Waals surface area contributed by atoms with Gasteiger partial charge in [0.2, 0.25) is 0 Å². The normalized spacial score (nSPS) is 10.4. The number of rotatable bonds is 9. The standard InChI is InChI=1S/C21H15Cl2N3O2.C19H11Cl2N3O2/c1-2-28-21(27)20-17(11-12-24)25-18(13-3-7-15(22)8-4-13)19(26-20)14-5-9-16(23)10-6-14;20-13-5-1-11(2-6-13)16-17(12-3-7-14(21)8-4-12)24-18(19(25)26)15(23-16)9-10-22/h3-10H,2,11H2,1H3;1-8H,9H2,(H,25,26). The van der Waals surface area contributed by atoms with Crippen LogP contribution in [0.3, 0.4) is 0 Å². The molecule has 2 heterocycles. The van der Waals surface area contributed by atoms with E-state index in [9.17, 15) is 14.7 Å². The van der Waals surface area contributed by atoms with Gasteiger partial charge in [0.05, 0.1) is 65.8 Å². The molecule has 268 valence electrons. The van der Waals surface area contributed by atoms with Crippen LogP contribution >= 0.6 is 46.4 Å². The van der Waals surface area contributed by atoms with Crippen molar-refractivity contribution in [3.05, 3.63) is 140 Å². The first kappa shape index (κ1) is 39.3. The zero-order valence-corrected chi connectivity index (χ0v) is 31.2. The van der Waals surface area contributed by atoms with Crippen LogP contribution in [0, 0.1) is 22.7 Å². The van der Waals surface area contributed by atoms with Crippen LogP contribution in [-0.4, -0.2) is 43.6 Å². The summed E-state index contributed by atoms with van der Waals surface area (Å²) in [6.07, 6.45) is -0.223. The van der Waals surface area contributed by atoms with Crippen molar-refractivity contribution in [1.29, 1.82) is 10.5 Å². The third kappa shape index (κ3) is 9.56. The number of hydrogen-bond donors (Lipinski definition) is 1. The number of carbonyl (C=O) groups excluding carboxylic acids is 1. The van der Waals surface area contributed by atoms with E-state index in [1.165, 1.54) is 0 Å². The SMILES string of the molecule is CCOC(=O)c1nc(-c2ccc(Cl)cc2)c(-c2ccc(Cl)cc2)nc1CC#N.N#CCc1nc(-c2ccc(Cl)cc2)c(-c2ccc(Cl)cc2)nc1C(=O)O. The molecule has 0 radical (unpaired) electrons. The summed E-state index contributed by atoms with van der Waals surface area (Å²) >= 11 is 23.9. The predicted molar refractivity (Wildman–Crippen MR) is 207 cm³/mol. The second-order valence-electron chi connectivity index (χ2n) is 11.2. The molecule has 0 unspecified atom stereocenters. The lowest BCUT2D eigenvalue weighted by atomic mass is 10.0. The molecule has 1 N–H and O–H groups in total. The fourth-order valence-electron chi connectivity index (χ4n) is 5.11. The van der Waals surface area contributed by atoms with E-state index in [4.69, 9.17) is 61.7 Å². The second-order valence-corrected chi connectivity index (χ2v) is 12.9. The Bertz CT molecular complexity index is 2390. The molecule has 0 saturated carbocycles. The van der Waals surface area contributed by atoms with Crippen molar-refractivity contribution >= 4 is 58.3 Å². The first-order valence-electron chi connectivity index (χ1n) is 16.0. The number of halogens is 4. The third-order valence-electron chi connectivity index (χ3n) is 7.57. The summed E-state index contributed by atoms with van der Waals surface area (Å²) in [4.78, 5) is 41.9. The van der Waals surface area contributed by atoms with E-state index in [2.05, 4.69) is 19.9 Å². The van der Waals surface area contributed by atoms with Gasteiger partial charge in [0, 0.05) is 42.3 Å². The number of carbonyl (C=O) groups is 2. The van der Waals surface area contributed by atoms with Crippen LogP contribution in [0.5, 0.6) is 0 Å². The maximum Gasteiger partial charge on any atom is 0.358 e. The molecule has 0 fully saturated rings. The van der Waals surface area contributed by atoms with Gasteiger partial charge in [-0.2, -0.15) is 10.5 Å². The van der Waals surface area contributed by atoms with E-state index >= 15 is 0 Å². The fraction of sp³-hybridized carbons (Fsp3) is 0.100. The van der Waals surface area contributed by atoms with Crippen molar-refractivity contribution in [2.75, 3.05) is 6.61 Å². The van der Waals surface area contributed by atoms with Crippen LogP contribution in [0.2, 0.25) is 20.1 Å². The zero-order chi connectivity index (χ0) is 38.8. The highest BCUT2D eigenvalue weighted by molar-refractivity contribution is 6.31. The minimum absolute atomic E-state index is 0.0334. The van der Waals surface area contributed by atoms with Crippen molar-refractivity contribution in [2.24, 2.45) is 0 Å². The summed E-state index contributed by atoms with van der Waals surface area (Å²) in [5.41, 5.74) is 4.93. The van der Waals surface area contributed by atoms with Gasteiger partial charge in [-0.15, -0.1) is 0 Å². The molecule has 0 bridgehead atoms. The molecule has 2 aromatic heterocycles. The number of carboxylic acid groups (broad SMARTS) is 1. The molecule has 0 saturated heterocycles. The highest BCUT2D eigenvalue weighted by atomic mass is 35.5. The Morgan fingerprint density at radius 3 is 1.15 bits per heavy atom. The molecule has 54 heavy (non-hydrogen) atoms. The van der Waals surface area contributed by atoms with Crippen LogP contribution in [0.1, 0.15) is 39.3 Å². The Morgan fingerprint density at radius 2 is 0.852 bits per heavy atom. The Kier molecular flexibility index (Phi) is 13.3. The molecular formula is C40H26Cl4N6O4. The molecule has 0 spiro atoms. The highest BCUT2D eigenvalue weighted by Gasteiger charge is 2.23. The van der Waals surface area contributed by atoms with Crippen molar-refractivity contribution in [1.82, 2.24) is 19.9 Å². The largest absolute Gasteiger partial charge is 0.476 e. The molecule has 10 nitrogen and oxygen atoms in total. The lowest BCUT2D eigenvalue weighted by Crippen LogP contribution is -2.14. The number of carboxylic acids is 1. The third-order valence-corrected chi connectivity index (χ3v) is 8.58. The summed E-state index contributed by atoms with van der Waals surface area (Å²) < 4.78 is 5.10. The van der Waals surface area contributed by atoms with Gasteiger partial charge >= 0.3 is 11.9 Å². The minimum atomic E-state index is -1.24. The van der Waals surface area contributed by atoms with Crippen molar-refractivity contribution in [2.45, 2.75) is 19.8 Å². The molecule has 0 aliphatic rings. The molecule has 0 atom stereocenters. The average Bonchev–Trinajstić information content (AvgIpc) is 3.16. The topological polar surface area (TPSA) is 163 Å². The summed E-state index contributed by atoms with van der Waals surface area (Å²) in [5, 5.41) is 29.9. The maximum absolute atomic E-state index is 12.4. The van der Waals surface area contributed by atoms with Crippen molar-refractivity contribution in [3.63, 3.8) is 0 Å². The number of hydrogen-bond acceptors (Lipinski definition) is 9. The van der Waals surface area contributed by atoms with Crippen molar-refractivity contribution in [3.8, 4) is 57.2 Å². The zero-order valence-electron chi connectivity index (χ0n) is 28.2. The van der Waals surface area contributed by atoms with E-state index in [0.29, 0.717) is 54.0 Å². The Balaban J connectivity index is 0.000000208. The Morgan fingerprint density at radius 1 is 0.556 bits per heavy atom. The number of nitrogens with zero attached hydrogens (tertiary/aromatic N) is 6. The van der Waals surface area contributed by atoms with Crippen LogP contribution in [-0.2, 0) is 17.6 Å². The lowest BCUT2D eigenvalue weighted by Gasteiger charge is -2.13. The Labute approximate surface area is 330 Å². The molecule has 0 aliphatic carbocycles. The van der Waals surface area contributed by atoms with Gasteiger partial charge in [-0.25, -0.2) is 29.5 Å². The molecular weight excluding hydrogens is 770 g/mol. The molecule has 6 aromatic rings. The average molecular weight is 796 g/mol. The maximum atomic E-state index is 12.4. The van der Waals surface area contributed by atoms with Gasteiger partial charge in [-0.3, -0.25) is 0 Å². The lowest BCUT2D eigenvalue weighted by molar-refractivity contribution is 0.0517. The molecule has 0 amide bonds. The molecule has 4 aromatic carbocycles. The Hall–Kier alpha value is -5.88. The smallest absolute Gasteiger partial charge is 0.358 e. The van der Waals surface area contributed by atoms with Gasteiger partial charge in [0.25, 0.3) is 0 Å². The van der Waals surface area contributed by atoms with E-state index in [0.717, 1.165) is 11.1 Å². The molecule has 14 heteroatoms. The summed E-state index contributed by atoms with van der Waals surface area (Å²) in [6, 6.07) is 31.9. The van der Waals surface area contributed by atoms with Gasteiger partial charge in [-0.05, 0) is 55.5 Å². The number of aromatic carboxylic acids is 1. The monoisotopic (exact) mass is 794 g/mol. The minimum Gasteiger partial charge on any atom is -0.476 e. The van der Waals surface area contributed by atoms with Crippen molar-refractivity contribution < 1.29 is 19.4 Å². The summed E-state index contributed by atoms with van der Waals surface area (Å²) in [5.74, 6) is -1.85. The highest BCUT2D eigenvalue weighted by Crippen LogP contribution is 2.33. The van der Waals surface area contributed by atoms with E-state index in [-0.39, 0.29) is 42.2 Å². The van der Waals surface area contributed by atoms with E-state index in [1.54, 1.807) is 91.9 Å². The van der Waals surface area contributed by atoms with Gasteiger partial charge in [0.15, 0.2) is 11.4 Å². The first-order valence-corrected chi connectivity index (χ1v) is 17.5. The van der Waals surface area contributed by atoms with Crippen LogP contribution in [0.25, 0.3) is 45.0 Å². The fourth-order valence-corrected chi connectivity index (χ4v) is 5.61. The van der Waals surface area contributed by atoms with Crippen LogP contribution in [0.15, 0.2) is 97.1 Å². The first-order chi connectivity index (χ1) is 26.0. The van der Waals surface area contributed by atoms with E-state index in [1.807, 2.05) is 24.3 Å². The number of aromatic nitrogens is 4. The van der Waals surface area contributed by atoms with E-state index < -0.39 is 11.9 Å². The molecule has 6 rings (SSSR count). The van der Waals surface area contributed by atoms with Crippen LogP contribution < -0.4 is 0 Å². The summed E-state index contributed by atoms with van der Waals surface area (Å²) in [6.45, 7) is 1.90. The van der Waals surface area contributed by atoms with Gasteiger partial charge in [0.1, 0.15) is 0 Å². The van der Waals surface area contributed by atoms with Gasteiger partial charge < -0.3 is 9.84 Å². The predicted octanol–water partition coefficient (Wildman–Crippen LogP) is 10.2. The number of benzene rings is 4. The number of nitriles is 2. The number of esters is 1.